The number of carbonyl (C=O) groups excluding carboxylic acids is 1. The van der Waals surface area contributed by atoms with E-state index in [4.69, 9.17) is 9.47 Å². The van der Waals surface area contributed by atoms with Crippen LogP contribution in [0, 0.1) is 6.92 Å². The molecule has 6 heteroatoms. The fraction of sp³-hybridized carbons (Fsp3) is 0.200. The number of fused-ring (bicyclic) bond motifs is 2. The van der Waals surface area contributed by atoms with Crippen LogP contribution in [0.3, 0.4) is 0 Å². The Bertz CT molecular complexity index is 1230. The molecule has 2 aromatic carbocycles. The van der Waals surface area contributed by atoms with Crippen molar-refractivity contribution in [3.8, 4) is 11.5 Å². The van der Waals surface area contributed by atoms with E-state index in [2.05, 4.69) is 10.3 Å². The van der Waals surface area contributed by atoms with E-state index in [1.165, 1.54) is 0 Å². The van der Waals surface area contributed by atoms with Crippen LogP contribution < -0.4 is 14.8 Å². The summed E-state index contributed by atoms with van der Waals surface area (Å²) in [6.45, 7) is 3.00. The summed E-state index contributed by atoms with van der Waals surface area (Å²) in [5.74, 6) is 1.43. The van der Waals surface area contributed by atoms with E-state index in [9.17, 15) is 4.79 Å². The Morgan fingerprint density at radius 3 is 2.84 bits per heavy atom. The van der Waals surface area contributed by atoms with Gasteiger partial charge in [0.25, 0.3) is 5.91 Å². The van der Waals surface area contributed by atoms with Gasteiger partial charge in [0.05, 0.1) is 18.3 Å². The maximum atomic E-state index is 12.7. The number of nitrogens with one attached hydrogen (secondary N) is 1. The van der Waals surface area contributed by atoms with Crippen LogP contribution in [0.4, 0.5) is 0 Å². The van der Waals surface area contributed by atoms with Gasteiger partial charge in [-0.25, -0.2) is 4.98 Å². The lowest BCUT2D eigenvalue weighted by Crippen LogP contribution is -2.32. The molecule has 0 bridgehead atoms. The summed E-state index contributed by atoms with van der Waals surface area (Å²) >= 11 is 0. The third-order valence-corrected chi connectivity index (χ3v) is 5.49. The van der Waals surface area contributed by atoms with Gasteiger partial charge in [0.1, 0.15) is 23.8 Å². The van der Waals surface area contributed by atoms with E-state index in [-0.39, 0.29) is 11.9 Å². The second-order valence-corrected chi connectivity index (χ2v) is 7.67. The van der Waals surface area contributed by atoms with Crippen LogP contribution in [0.2, 0.25) is 0 Å². The van der Waals surface area contributed by atoms with Crippen LogP contribution >= 0.6 is 0 Å². The molecule has 4 aromatic rings. The number of pyridine rings is 1. The minimum atomic E-state index is -0.107. The molecule has 156 valence electrons. The maximum absolute atomic E-state index is 12.7. The minimum absolute atomic E-state index is 0.0492. The first-order valence-electron chi connectivity index (χ1n) is 10.4. The first-order chi connectivity index (χ1) is 15.2. The first kappa shape index (κ1) is 19.2. The molecule has 5 rings (SSSR count). The van der Waals surface area contributed by atoms with Crippen LogP contribution in [0.25, 0.3) is 5.65 Å². The summed E-state index contributed by atoms with van der Waals surface area (Å²) in [6.07, 6.45) is 4.70. The molecule has 1 N–H and O–H groups in total. The number of amides is 1. The number of hydrogen-bond donors (Lipinski definition) is 1. The molecule has 1 unspecified atom stereocenters. The Morgan fingerprint density at radius 2 is 2.00 bits per heavy atom. The SMILES string of the molecule is Cc1cccn2cc(COc3ccc(C(=O)NC4CCOc5ccccc54)cc3)nc12. The second kappa shape index (κ2) is 8.14. The normalized spacial score (nSPS) is 15.2. The molecule has 31 heavy (non-hydrogen) atoms. The summed E-state index contributed by atoms with van der Waals surface area (Å²) in [5, 5.41) is 3.12. The quantitative estimate of drug-likeness (QED) is 0.524. The number of ether oxygens (including phenoxy) is 2. The number of benzene rings is 2. The Kier molecular flexibility index (Phi) is 5.04. The van der Waals surface area contributed by atoms with Crippen LogP contribution in [-0.2, 0) is 6.61 Å². The highest BCUT2D eigenvalue weighted by molar-refractivity contribution is 5.94. The average Bonchev–Trinajstić information content (AvgIpc) is 3.23. The smallest absolute Gasteiger partial charge is 0.251 e. The molecule has 0 aliphatic carbocycles. The molecule has 0 spiro atoms. The second-order valence-electron chi connectivity index (χ2n) is 7.67. The lowest BCUT2D eigenvalue weighted by atomic mass is 10.00. The summed E-state index contributed by atoms with van der Waals surface area (Å²) in [7, 11) is 0. The Hall–Kier alpha value is -3.80. The summed E-state index contributed by atoms with van der Waals surface area (Å²) in [6, 6.07) is 19.0. The fourth-order valence-corrected chi connectivity index (χ4v) is 3.87. The zero-order valence-corrected chi connectivity index (χ0v) is 17.2. The van der Waals surface area contributed by atoms with Crippen LogP contribution in [0.5, 0.6) is 11.5 Å². The van der Waals surface area contributed by atoms with Crippen LogP contribution in [0.1, 0.15) is 39.6 Å². The molecule has 1 atom stereocenters. The monoisotopic (exact) mass is 413 g/mol. The topological polar surface area (TPSA) is 64.9 Å². The summed E-state index contributed by atoms with van der Waals surface area (Å²) < 4.78 is 13.5. The third kappa shape index (κ3) is 3.97. The molecule has 6 nitrogen and oxygen atoms in total. The van der Waals surface area contributed by atoms with E-state index in [0.29, 0.717) is 24.5 Å². The Labute approximate surface area is 180 Å². The van der Waals surface area contributed by atoms with Gasteiger partial charge in [0.2, 0.25) is 0 Å². The van der Waals surface area contributed by atoms with Crippen molar-refractivity contribution in [2.24, 2.45) is 0 Å². The molecule has 0 saturated carbocycles. The Morgan fingerprint density at radius 1 is 1.16 bits per heavy atom. The van der Waals surface area contributed by atoms with Crippen LogP contribution in [0.15, 0.2) is 73.1 Å². The molecule has 1 aliphatic heterocycles. The number of carbonyl (C=O) groups is 1. The predicted molar refractivity (Wildman–Crippen MR) is 117 cm³/mol. The van der Waals surface area contributed by atoms with Gasteiger partial charge in [0, 0.05) is 29.9 Å². The molecule has 2 aromatic heterocycles. The zero-order chi connectivity index (χ0) is 21.2. The molecule has 0 fully saturated rings. The fourth-order valence-electron chi connectivity index (χ4n) is 3.87. The molecule has 0 saturated heterocycles. The number of rotatable bonds is 5. The van der Waals surface area contributed by atoms with Crippen molar-refractivity contribution in [1.82, 2.24) is 14.7 Å². The number of imidazole rings is 1. The lowest BCUT2D eigenvalue weighted by molar-refractivity contribution is 0.0924. The number of aryl methyl sites for hydroxylation is 1. The van der Waals surface area contributed by atoms with Gasteiger partial charge >= 0.3 is 0 Å². The molecule has 1 amide bonds. The molecule has 3 heterocycles. The maximum Gasteiger partial charge on any atom is 0.251 e. The van der Waals surface area contributed by atoms with Gasteiger partial charge in [-0.15, -0.1) is 0 Å². The summed E-state index contributed by atoms with van der Waals surface area (Å²) in [4.78, 5) is 17.4. The number of nitrogens with zero attached hydrogens (tertiary/aromatic N) is 2. The van der Waals surface area contributed by atoms with Crippen molar-refractivity contribution in [2.75, 3.05) is 6.61 Å². The predicted octanol–water partition coefficient (Wildman–Crippen LogP) is 4.48. The van der Waals surface area contributed by atoms with Gasteiger partial charge in [0.15, 0.2) is 0 Å². The van der Waals surface area contributed by atoms with Gasteiger partial charge in [-0.3, -0.25) is 4.79 Å². The van der Waals surface area contributed by atoms with Crippen molar-refractivity contribution >= 4 is 11.6 Å². The Balaban J connectivity index is 1.22. The van der Waals surface area contributed by atoms with Gasteiger partial charge < -0.3 is 19.2 Å². The molecular weight excluding hydrogens is 390 g/mol. The number of para-hydroxylation sites is 1. The van der Waals surface area contributed by atoms with Crippen molar-refractivity contribution in [2.45, 2.75) is 26.0 Å². The highest BCUT2D eigenvalue weighted by Crippen LogP contribution is 2.31. The van der Waals surface area contributed by atoms with Crippen molar-refractivity contribution in [3.05, 3.63) is 95.4 Å². The van der Waals surface area contributed by atoms with E-state index in [0.717, 1.165) is 34.6 Å². The standard InChI is InChI=1S/C25H23N3O3/c1-17-5-4-13-28-15-19(26-24(17)28)16-31-20-10-8-18(9-11-20)25(29)27-22-12-14-30-23-7-3-2-6-21(22)23/h2-11,13,15,22H,12,14,16H2,1H3,(H,27,29). The van der Waals surface area contributed by atoms with Gasteiger partial charge in [-0.05, 0) is 48.9 Å². The van der Waals surface area contributed by atoms with Crippen molar-refractivity contribution < 1.29 is 14.3 Å². The summed E-state index contributed by atoms with van der Waals surface area (Å²) in [5.41, 5.74) is 4.53. The highest BCUT2D eigenvalue weighted by Gasteiger charge is 2.23. The first-order valence-corrected chi connectivity index (χ1v) is 10.4. The van der Waals surface area contributed by atoms with E-state index >= 15 is 0 Å². The number of hydrogen-bond acceptors (Lipinski definition) is 4. The van der Waals surface area contributed by atoms with Crippen LogP contribution in [-0.4, -0.2) is 21.9 Å². The van der Waals surface area contributed by atoms with E-state index in [1.54, 1.807) is 12.1 Å². The molecule has 1 aliphatic rings. The molecule has 0 radical (unpaired) electrons. The zero-order valence-electron chi connectivity index (χ0n) is 17.2. The van der Waals surface area contributed by atoms with E-state index in [1.807, 2.05) is 72.2 Å². The lowest BCUT2D eigenvalue weighted by Gasteiger charge is -2.26. The van der Waals surface area contributed by atoms with Gasteiger partial charge in [-0.2, -0.15) is 0 Å². The minimum Gasteiger partial charge on any atom is -0.493 e. The average molecular weight is 413 g/mol. The van der Waals surface area contributed by atoms with E-state index < -0.39 is 0 Å². The largest absolute Gasteiger partial charge is 0.493 e. The highest BCUT2D eigenvalue weighted by atomic mass is 16.5. The van der Waals surface area contributed by atoms with Gasteiger partial charge in [-0.1, -0.05) is 24.3 Å². The third-order valence-electron chi connectivity index (χ3n) is 5.49. The molecular formula is C25H23N3O3. The number of aromatic nitrogens is 2. The van der Waals surface area contributed by atoms with Crippen molar-refractivity contribution in [1.29, 1.82) is 0 Å². The van der Waals surface area contributed by atoms with Crippen molar-refractivity contribution in [3.63, 3.8) is 0 Å².